The van der Waals surface area contributed by atoms with Gasteiger partial charge in [0.15, 0.2) is 5.75 Å². The van der Waals surface area contributed by atoms with E-state index in [1.165, 1.54) is 0 Å². The molecule has 11 heteroatoms. The van der Waals surface area contributed by atoms with E-state index in [1.807, 2.05) is 73.9 Å². The number of aryl methyl sites for hydroxylation is 1. The van der Waals surface area contributed by atoms with Crippen molar-refractivity contribution < 1.29 is 28.5 Å². The van der Waals surface area contributed by atoms with Gasteiger partial charge in [0.1, 0.15) is 24.6 Å². The SMILES string of the molecule is COCCc1ccc(Cl)c(CN(C(=O)C2C(c3ccc(OCCOc4c(Cl)cc(C)cc4Cl)cc3)CC3CCC2N3C(=O)OC(C)(C)C)C2CC2)c1. The Bertz CT molecular complexity index is 1720. The van der Waals surface area contributed by atoms with Crippen molar-refractivity contribution in [2.24, 2.45) is 5.92 Å². The van der Waals surface area contributed by atoms with Gasteiger partial charge in [-0.15, -0.1) is 0 Å². The fourth-order valence-corrected chi connectivity index (χ4v) is 8.58. The topological polar surface area (TPSA) is 77.5 Å². The second-order valence-electron chi connectivity index (χ2n) is 15.2. The van der Waals surface area contributed by atoms with Gasteiger partial charge in [0.05, 0.1) is 22.6 Å². The van der Waals surface area contributed by atoms with Gasteiger partial charge < -0.3 is 28.7 Å². The van der Waals surface area contributed by atoms with Crippen molar-refractivity contribution in [1.29, 1.82) is 0 Å². The second-order valence-corrected chi connectivity index (χ2v) is 16.5. The molecule has 280 valence electrons. The molecule has 3 aliphatic rings. The summed E-state index contributed by atoms with van der Waals surface area (Å²) in [6.45, 7) is 9.15. The molecule has 4 unspecified atom stereocenters. The number of carbonyl (C=O) groups is 2. The van der Waals surface area contributed by atoms with Gasteiger partial charge in [0.25, 0.3) is 0 Å². The van der Waals surface area contributed by atoms with Gasteiger partial charge in [0.2, 0.25) is 5.91 Å². The Morgan fingerprint density at radius 1 is 0.865 bits per heavy atom. The largest absolute Gasteiger partial charge is 0.490 e. The first kappa shape index (κ1) is 38.6. The van der Waals surface area contributed by atoms with E-state index in [2.05, 4.69) is 18.2 Å². The number of benzene rings is 3. The molecule has 0 spiro atoms. The van der Waals surface area contributed by atoms with Crippen LogP contribution in [0.5, 0.6) is 11.5 Å². The lowest BCUT2D eigenvalue weighted by molar-refractivity contribution is -0.141. The van der Waals surface area contributed by atoms with Gasteiger partial charge in [-0.05, 0) is 125 Å². The van der Waals surface area contributed by atoms with Crippen LogP contribution in [0.3, 0.4) is 0 Å². The summed E-state index contributed by atoms with van der Waals surface area (Å²) in [5, 5.41) is 1.57. The fraction of sp³-hybridized carbons (Fsp3) is 0.512. The van der Waals surface area contributed by atoms with Crippen molar-refractivity contribution in [3.8, 4) is 11.5 Å². The van der Waals surface area contributed by atoms with Crippen LogP contribution in [-0.2, 0) is 27.2 Å². The third-order valence-electron chi connectivity index (χ3n) is 10.2. The molecular formula is C41H49Cl3N2O6. The molecule has 8 nitrogen and oxygen atoms in total. The van der Waals surface area contributed by atoms with Crippen molar-refractivity contribution in [3.63, 3.8) is 0 Å². The first-order valence-corrected chi connectivity index (χ1v) is 19.4. The number of amides is 2. The number of nitrogens with zero attached hydrogens (tertiary/aromatic N) is 2. The number of carbonyl (C=O) groups excluding carboxylic acids is 2. The van der Waals surface area contributed by atoms with Crippen LogP contribution in [0.2, 0.25) is 15.1 Å². The van der Waals surface area contributed by atoms with Crippen LogP contribution in [0, 0.1) is 12.8 Å². The molecular weight excluding hydrogens is 723 g/mol. The minimum Gasteiger partial charge on any atom is -0.490 e. The lowest BCUT2D eigenvalue weighted by Gasteiger charge is -2.45. The molecule has 2 heterocycles. The molecule has 2 saturated heterocycles. The van der Waals surface area contributed by atoms with E-state index in [-0.39, 0.29) is 42.7 Å². The average Bonchev–Trinajstić information content (AvgIpc) is 3.88. The Morgan fingerprint density at radius 3 is 2.21 bits per heavy atom. The zero-order valence-electron chi connectivity index (χ0n) is 30.6. The number of hydrogen-bond donors (Lipinski definition) is 0. The standard InChI is InChI=1S/C41H49Cl3N2O6/c1-25-20-34(43)38(35(44)21-25)51-19-18-50-31-12-7-27(8-13-31)32-23-30-11-15-36(46(30)40(48)52-41(2,3)4)37(32)39(47)45(29-9-10-29)24-28-22-26(16-17-49-5)6-14-33(28)42/h6-8,12-14,20-22,29-30,32,36-37H,9-11,15-19,23-24H2,1-5H3. The zero-order chi connectivity index (χ0) is 37.2. The maximum Gasteiger partial charge on any atom is 0.410 e. The molecule has 0 N–H and O–H groups in total. The van der Waals surface area contributed by atoms with Crippen molar-refractivity contribution in [2.45, 2.75) is 102 Å². The molecule has 2 amide bonds. The van der Waals surface area contributed by atoms with E-state index in [9.17, 15) is 4.79 Å². The minimum absolute atomic E-state index is 0.0105. The molecule has 2 aliphatic heterocycles. The van der Waals surface area contributed by atoms with E-state index < -0.39 is 11.5 Å². The van der Waals surface area contributed by atoms with Crippen molar-refractivity contribution >= 4 is 46.8 Å². The van der Waals surface area contributed by atoms with Crippen molar-refractivity contribution in [2.75, 3.05) is 26.9 Å². The van der Waals surface area contributed by atoms with Crippen LogP contribution >= 0.6 is 34.8 Å². The summed E-state index contributed by atoms with van der Waals surface area (Å²) < 4.78 is 23.0. The normalized spacial score (nSPS) is 21.2. The van der Waals surface area contributed by atoms with Crippen LogP contribution < -0.4 is 9.47 Å². The van der Waals surface area contributed by atoms with Crippen molar-refractivity contribution in [1.82, 2.24) is 9.80 Å². The van der Waals surface area contributed by atoms with Gasteiger partial charge in [-0.3, -0.25) is 4.79 Å². The van der Waals surface area contributed by atoms with Crippen LogP contribution in [-0.4, -0.2) is 72.5 Å². The Labute approximate surface area is 322 Å². The highest BCUT2D eigenvalue weighted by Crippen LogP contribution is 2.49. The van der Waals surface area contributed by atoms with Crippen LogP contribution in [0.15, 0.2) is 54.6 Å². The molecule has 3 aromatic carbocycles. The smallest absolute Gasteiger partial charge is 0.410 e. The molecule has 3 fully saturated rings. The quantitative estimate of drug-likeness (QED) is 0.161. The summed E-state index contributed by atoms with van der Waals surface area (Å²) in [6, 6.07) is 17.5. The minimum atomic E-state index is -0.642. The monoisotopic (exact) mass is 770 g/mol. The highest BCUT2D eigenvalue weighted by molar-refractivity contribution is 6.37. The number of ether oxygens (including phenoxy) is 4. The van der Waals surface area contributed by atoms with E-state index >= 15 is 4.79 Å². The first-order chi connectivity index (χ1) is 24.8. The summed E-state index contributed by atoms with van der Waals surface area (Å²) in [5.41, 5.74) is 3.41. The van der Waals surface area contributed by atoms with Gasteiger partial charge in [-0.2, -0.15) is 0 Å². The Hall–Kier alpha value is -3.17. The highest BCUT2D eigenvalue weighted by atomic mass is 35.5. The number of halogens is 3. The van der Waals surface area contributed by atoms with Gasteiger partial charge in [-0.25, -0.2) is 4.79 Å². The van der Waals surface area contributed by atoms with Crippen LogP contribution in [0.25, 0.3) is 0 Å². The maximum atomic E-state index is 15.0. The summed E-state index contributed by atoms with van der Waals surface area (Å²) in [6.07, 6.45) is 4.57. The first-order valence-electron chi connectivity index (χ1n) is 18.2. The number of methoxy groups -OCH3 is 1. The molecule has 2 bridgehead atoms. The number of hydrogen-bond acceptors (Lipinski definition) is 6. The molecule has 1 aliphatic carbocycles. The summed E-state index contributed by atoms with van der Waals surface area (Å²) >= 11 is 19.4. The van der Waals surface area contributed by atoms with Gasteiger partial charge >= 0.3 is 6.09 Å². The molecule has 3 aromatic rings. The third-order valence-corrected chi connectivity index (χ3v) is 11.1. The molecule has 4 atom stereocenters. The molecule has 6 rings (SSSR count). The average molecular weight is 772 g/mol. The third kappa shape index (κ3) is 9.12. The Balaban J connectivity index is 1.22. The van der Waals surface area contributed by atoms with E-state index in [0.29, 0.717) is 52.7 Å². The summed E-state index contributed by atoms with van der Waals surface area (Å²) in [5.74, 6) is 0.671. The van der Waals surface area contributed by atoms with E-state index in [1.54, 1.807) is 7.11 Å². The Kier molecular flexibility index (Phi) is 12.2. The second kappa shape index (κ2) is 16.5. The number of piperidine rings is 1. The summed E-state index contributed by atoms with van der Waals surface area (Å²) in [4.78, 5) is 32.6. The zero-order valence-corrected chi connectivity index (χ0v) is 32.9. The number of rotatable bonds is 13. The van der Waals surface area contributed by atoms with Gasteiger partial charge in [0, 0.05) is 36.8 Å². The lowest BCUT2D eigenvalue weighted by atomic mass is 9.75. The van der Waals surface area contributed by atoms with E-state index in [4.69, 9.17) is 53.8 Å². The molecule has 1 saturated carbocycles. The molecule has 0 radical (unpaired) electrons. The van der Waals surface area contributed by atoms with Gasteiger partial charge in [-0.1, -0.05) is 59.1 Å². The predicted molar refractivity (Wildman–Crippen MR) is 205 cm³/mol. The van der Waals surface area contributed by atoms with E-state index in [0.717, 1.165) is 54.4 Å². The van der Waals surface area contributed by atoms with Crippen molar-refractivity contribution in [3.05, 3.63) is 91.9 Å². The van der Waals surface area contributed by atoms with Crippen LogP contribution in [0.4, 0.5) is 4.79 Å². The van der Waals surface area contributed by atoms with Crippen LogP contribution in [0.1, 0.15) is 81.0 Å². The Morgan fingerprint density at radius 2 is 1.56 bits per heavy atom. The molecule has 52 heavy (non-hydrogen) atoms. The lowest BCUT2D eigenvalue weighted by Crippen LogP contribution is -2.56. The number of fused-ring (bicyclic) bond motifs is 2. The maximum absolute atomic E-state index is 15.0. The highest BCUT2D eigenvalue weighted by Gasteiger charge is 2.55. The molecule has 0 aromatic heterocycles. The summed E-state index contributed by atoms with van der Waals surface area (Å²) in [7, 11) is 1.69. The predicted octanol–water partition coefficient (Wildman–Crippen LogP) is 9.66. The fourth-order valence-electron chi connectivity index (χ4n) is 7.70.